The monoisotopic (exact) mass is 311 g/mol. The molecule has 2 aliphatic rings. The molecule has 1 saturated heterocycles. The number of carbonyl (C=O) groups is 1. The third-order valence-electron chi connectivity index (χ3n) is 5.24. The smallest absolute Gasteiger partial charge is 0.317 e. The van der Waals surface area contributed by atoms with Gasteiger partial charge in [0, 0.05) is 32.2 Å². The fraction of sp³-hybridized carbons (Fsp3) is 0.941. The van der Waals surface area contributed by atoms with Crippen LogP contribution in [0.25, 0.3) is 0 Å². The maximum atomic E-state index is 12.1. The molecule has 0 radical (unpaired) electrons. The second-order valence-electron chi connectivity index (χ2n) is 6.78. The average Bonchev–Trinajstić information content (AvgIpc) is 2.98. The Balaban J connectivity index is 1.74. The number of aliphatic hydroxyl groups is 1. The van der Waals surface area contributed by atoms with Gasteiger partial charge in [0.05, 0.1) is 6.61 Å². The summed E-state index contributed by atoms with van der Waals surface area (Å²) in [5.41, 5.74) is 0. The summed E-state index contributed by atoms with van der Waals surface area (Å²) in [4.78, 5) is 16.4. The molecule has 1 heterocycles. The molecule has 0 aromatic rings. The number of urea groups is 1. The van der Waals surface area contributed by atoms with Crippen molar-refractivity contribution in [2.75, 3.05) is 39.3 Å². The van der Waals surface area contributed by atoms with E-state index in [9.17, 15) is 4.79 Å². The highest BCUT2D eigenvalue weighted by Gasteiger charge is 2.28. The maximum Gasteiger partial charge on any atom is 0.317 e. The first-order chi connectivity index (χ1) is 10.7. The zero-order valence-corrected chi connectivity index (χ0v) is 14.1. The maximum absolute atomic E-state index is 12.1. The van der Waals surface area contributed by atoms with E-state index in [-0.39, 0.29) is 12.6 Å². The van der Waals surface area contributed by atoms with Gasteiger partial charge in [-0.2, -0.15) is 0 Å². The highest BCUT2D eigenvalue weighted by molar-refractivity contribution is 5.74. The quantitative estimate of drug-likeness (QED) is 0.756. The van der Waals surface area contributed by atoms with E-state index in [0.717, 1.165) is 12.5 Å². The van der Waals surface area contributed by atoms with Gasteiger partial charge < -0.3 is 15.3 Å². The van der Waals surface area contributed by atoms with Crippen LogP contribution in [0.15, 0.2) is 0 Å². The van der Waals surface area contributed by atoms with Crippen molar-refractivity contribution in [3.63, 3.8) is 0 Å². The first kappa shape index (κ1) is 17.5. The summed E-state index contributed by atoms with van der Waals surface area (Å²) >= 11 is 0. The molecule has 0 spiro atoms. The van der Waals surface area contributed by atoms with Crippen LogP contribution in [0.4, 0.5) is 4.79 Å². The summed E-state index contributed by atoms with van der Waals surface area (Å²) < 4.78 is 0. The Labute approximate surface area is 135 Å². The fourth-order valence-electron chi connectivity index (χ4n) is 3.91. The van der Waals surface area contributed by atoms with Gasteiger partial charge in [-0.1, -0.05) is 19.3 Å². The zero-order valence-electron chi connectivity index (χ0n) is 14.1. The molecule has 0 aromatic heterocycles. The topological polar surface area (TPSA) is 55.8 Å². The second-order valence-corrected chi connectivity index (χ2v) is 6.78. The summed E-state index contributed by atoms with van der Waals surface area (Å²) in [6.07, 6.45) is 9.42. The van der Waals surface area contributed by atoms with Gasteiger partial charge in [-0.3, -0.25) is 4.90 Å². The summed E-state index contributed by atoms with van der Waals surface area (Å²) in [7, 11) is 0. The van der Waals surface area contributed by atoms with E-state index in [1.165, 1.54) is 58.0 Å². The lowest BCUT2D eigenvalue weighted by atomic mass is 9.89. The minimum absolute atomic E-state index is 0.0263. The van der Waals surface area contributed by atoms with Crippen molar-refractivity contribution in [3.05, 3.63) is 0 Å². The number of nitrogens with zero attached hydrogens (tertiary/aromatic N) is 2. The third kappa shape index (κ3) is 5.13. The lowest BCUT2D eigenvalue weighted by Crippen LogP contribution is -2.47. The van der Waals surface area contributed by atoms with Crippen LogP contribution in [0.1, 0.15) is 51.9 Å². The van der Waals surface area contributed by atoms with Crippen LogP contribution in [0.2, 0.25) is 0 Å². The molecular weight excluding hydrogens is 278 g/mol. The van der Waals surface area contributed by atoms with Crippen molar-refractivity contribution in [1.82, 2.24) is 15.1 Å². The van der Waals surface area contributed by atoms with Crippen LogP contribution in [-0.4, -0.2) is 66.3 Å². The predicted molar refractivity (Wildman–Crippen MR) is 88.9 cm³/mol. The fourth-order valence-corrected chi connectivity index (χ4v) is 3.91. The van der Waals surface area contributed by atoms with E-state index >= 15 is 0 Å². The molecule has 1 aliphatic heterocycles. The van der Waals surface area contributed by atoms with Gasteiger partial charge in [-0.05, 0) is 45.1 Å². The molecule has 2 amide bonds. The molecule has 1 saturated carbocycles. The van der Waals surface area contributed by atoms with Gasteiger partial charge in [0.25, 0.3) is 0 Å². The Bertz CT molecular complexity index is 332. The van der Waals surface area contributed by atoms with Gasteiger partial charge in [-0.15, -0.1) is 0 Å². The standard InChI is InChI=1S/C17H33N3O2/c1-2-19(11-12-21)17(22)18-13-16-9-6-10-20(16)14-15-7-4-3-5-8-15/h15-16,21H,2-14H2,1H3,(H,18,22). The van der Waals surface area contributed by atoms with Crippen molar-refractivity contribution in [1.29, 1.82) is 0 Å². The molecular formula is C17H33N3O2. The van der Waals surface area contributed by atoms with Crippen LogP contribution in [-0.2, 0) is 0 Å². The Hall–Kier alpha value is -0.810. The van der Waals surface area contributed by atoms with Crippen LogP contribution >= 0.6 is 0 Å². The lowest BCUT2D eigenvalue weighted by Gasteiger charge is -2.31. The van der Waals surface area contributed by atoms with E-state index in [4.69, 9.17) is 5.11 Å². The molecule has 5 nitrogen and oxygen atoms in total. The van der Waals surface area contributed by atoms with Crippen LogP contribution < -0.4 is 5.32 Å². The number of rotatable bonds is 7. The van der Waals surface area contributed by atoms with Gasteiger partial charge in [0.15, 0.2) is 0 Å². The van der Waals surface area contributed by atoms with E-state index in [1.54, 1.807) is 4.90 Å². The van der Waals surface area contributed by atoms with Crippen molar-refractivity contribution < 1.29 is 9.90 Å². The van der Waals surface area contributed by atoms with Crippen molar-refractivity contribution >= 4 is 6.03 Å². The first-order valence-corrected chi connectivity index (χ1v) is 9.12. The van der Waals surface area contributed by atoms with Crippen molar-refractivity contribution in [2.45, 2.75) is 57.9 Å². The summed E-state index contributed by atoms with van der Waals surface area (Å²) in [6.45, 7) is 6.17. The zero-order chi connectivity index (χ0) is 15.8. The molecule has 128 valence electrons. The number of likely N-dealkylation sites (tertiary alicyclic amines) is 1. The number of amides is 2. The van der Waals surface area contributed by atoms with E-state index in [0.29, 0.717) is 19.1 Å². The van der Waals surface area contributed by atoms with E-state index in [2.05, 4.69) is 10.2 Å². The average molecular weight is 311 g/mol. The summed E-state index contributed by atoms with van der Waals surface area (Å²) in [5.74, 6) is 0.867. The molecule has 5 heteroatoms. The molecule has 1 unspecified atom stereocenters. The molecule has 2 N–H and O–H groups in total. The number of aliphatic hydroxyl groups excluding tert-OH is 1. The molecule has 1 atom stereocenters. The SMILES string of the molecule is CCN(CCO)C(=O)NCC1CCCN1CC1CCCCC1. The lowest BCUT2D eigenvalue weighted by molar-refractivity contribution is 0.167. The summed E-state index contributed by atoms with van der Waals surface area (Å²) in [6, 6.07) is 0.458. The van der Waals surface area contributed by atoms with Gasteiger partial charge >= 0.3 is 6.03 Å². The minimum Gasteiger partial charge on any atom is -0.395 e. The Morgan fingerprint density at radius 1 is 1.23 bits per heavy atom. The van der Waals surface area contributed by atoms with Crippen LogP contribution in [0.3, 0.4) is 0 Å². The van der Waals surface area contributed by atoms with E-state index < -0.39 is 0 Å². The van der Waals surface area contributed by atoms with Crippen LogP contribution in [0, 0.1) is 5.92 Å². The number of carbonyl (C=O) groups excluding carboxylic acids is 1. The molecule has 2 rings (SSSR count). The third-order valence-corrected chi connectivity index (χ3v) is 5.24. The predicted octanol–water partition coefficient (Wildman–Crippen LogP) is 2.05. The largest absolute Gasteiger partial charge is 0.395 e. The van der Waals surface area contributed by atoms with Crippen LogP contribution in [0.5, 0.6) is 0 Å². The number of hydrogen-bond donors (Lipinski definition) is 2. The van der Waals surface area contributed by atoms with E-state index in [1.807, 2.05) is 6.92 Å². The molecule has 2 fully saturated rings. The highest BCUT2D eigenvalue weighted by atomic mass is 16.3. The van der Waals surface area contributed by atoms with Gasteiger partial charge in [-0.25, -0.2) is 4.79 Å². The molecule has 0 aromatic carbocycles. The Kier molecular flexibility index (Phi) is 7.46. The first-order valence-electron chi connectivity index (χ1n) is 9.12. The van der Waals surface area contributed by atoms with Crippen molar-refractivity contribution in [2.24, 2.45) is 5.92 Å². The number of likely N-dealkylation sites (N-methyl/N-ethyl adjacent to an activating group) is 1. The Morgan fingerprint density at radius 3 is 2.68 bits per heavy atom. The molecule has 0 bridgehead atoms. The number of hydrogen-bond acceptors (Lipinski definition) is 3. The van der Waals surface area contributed by atoms with Gasteiger partial charge in [0.1, 0.15) is 0 Å². The second kappa shape index (κ2) is 9.36. The number of nitrogens with one attached hydrogen (secondary N) is 1. The molecule has 1 aliphatic carbocycles. The normalized spacial score (nSPS) is 23.6. The minimum atomic E-state index is -0.0407. The molecule has 22 heavy (non-hydrogen) atoms. The van der Waals surface area contributed by atoms with Crippen molar-refractivity contribution in [3.8, 4) is 0 Å². The van der Waals surface area contributed by atoms with Gasteiger partial charge in [0.2, 0.25) is 0 Å². The Morgan fingerprint density at radius 2 is 2.00 bits per heavy atom. The summed E-state index contributed by atoms with van der Waals surface area (Å²) in [5, 5.41) is 12.1. The highest BCUT2D eigenvalue weighted by Crippen LogP contribution is 2.27.